The summed E-state index contributed by atoms with van der Waals surface area (Å²) in [6, 6.07) is 10.7. The van der Waals surface area contributed by atoms with Crippen LogP contribution in [-0.4, -0.2) is 18.5 Å². The van der Waals surface area contributed by atoms with Gasteiger partial charge < -0.3 is 14.8 Å². The minimum absolute atomic E-state index is 0.0895. The molecule has 3 aromatic rings. The maximum absolute atomic E-state index is 12.7. The zero-order valence-electron chi connectivity index (χ0n) is 13.1. The van der Waals surface area contributed by atoms with Gasteiger partial charge in [-0.05, 0) is 19.1 Å². The number of Topliss-reactive ketones (excluding diaryl/α,β-unsaturated/α-hetero) is 1. The van der Waals surface area contributed by atoms with E-state index in [9.17, 15) is 9.59 Å². The molecule has 1 aromatic heterocycles. The molecule has 0 unspecified atom stereocenters. The van der Waals surface area contributed by atoms with Crippen LogP contribution in [0.5, 0.6) is 11.5 Å². The number of hydrogen-bond acceptors (Lipinski definition) is 5. The van der Waals surface area contributed by atoms with Crippen molar-refractivity contribution in [2.75, 3.05) is 12.1 Å². The molecule has 0 radical (unpaired) electrons. The van der Waals surface area contributed by atoms with Crippen molar-refractivity contribution in [2.45, 2.75) is 6.92 Å². The molecule has 5 nitrogen and oxygen atoms in total. The van der Waals surface area contributed by atoms with E-state index in [-0.39, 0.29) is 18.5 Å². The Morgan fingerprint density at radius 3 is 2.60 bits per heavy atom. The van der Waals surface area contributed by atoms with Crippen LogP contribution >= 0.6 is 22.9 Å². The number of fused-ring (bicyclic) bond motifs is 2. The molecule has 0 bridgehead atoms. The largest absolute Gasteiger partial charge is 0.454 e. The number of carbonyl (C=O) groups excluding carboxylic acids is 2. The molecule has 1 N–H and O–H groups in total. The first-order valence-electron chi connectivity index (χ1n) is 7.47. The molecule has 2 heterocycles. The van der Waals surface area contributed by atoms with Gasteiger partial charge in [-0.25, -0.2) is 0 Å². The molecular weight excluding hydrogens is 362 g/mol. The molecule has 2 aromatic carbocycles. The molecule has 1 amide bonds. The minimum Gasteiger partial charge on any atom is -0.454 e. The molecule has 1 aliphatic heterocycles. The third-order valence-electron chi connectivity index (χ3n) is 3.88. The number of ketones is 1. The summed E-state index contributed by atoms with van der Waals surface area (Å²) in [7, 11) is 0. The Labute approximate surface area is 152 Å². The van der Waals surface area contributed by atoms with Crippen LogP contribution in [0.15, 0.2) is 36.4 Å². The molecule has 0 aliphatic carbocycles. The van der Waals surface area contributed by atoms with Crippen LogP contribution in [0, 0.1) is 0 Å². The summed E-state index contributed by atoms with van der Waals surface area (Å²) >= 11 is 7.66. The van der Waals surface area contributed by atoms with Crippen molar-refractivity contribution in [3.05, 3.63) is 51.9 Å². The van der Waals surface area contributed by atoms with Crippen LogP contribution in [0.4, 0.5) is 5.69 Å². The van der Waals surface area contributed by atoms with E-state index < -0.39 is 0 Å². The molecule has 0 saturated heterocycles. The Kier molecular flexibility index (Phi) is 3.86. The van der Waals surface area contributed by atoms with Crippen molar-refractivity contribution in [1.29, 1.82) is 0 Å². The first-order valence-corrected chi connectivity index (χ1v) is 8.67. The quantitative estimate of drug-likeness (QED) is 0.673. The van der Waals surface area contributed by atoms with E-state index >= 15 is 0 Å². The molecule has 25 heavy (non-hydrogen) atoms. The van der Waals surface area contributed by atoms with Crippen LogP contribution < -0.4 is 14.8 Å². The molecule has 0 saturated carbocycles. The van der Waals surface area contributed by atoms with E-state index in [1.807, 2.05) is 24.3 Å². The van der Waals surface area contributed by atoms with Crippen molar-refractivity contribution in [3.8, 4) is 11.5 Å². The topological polar surface area (TPSA) is 64.6 Å². The molecule has 4 rings (SSSR count). The summed E-state index contributed by atoms with van der Waals surface area (Å²) in [4.78, 5) is 25.0. The number of halogens is 1. The Morgan fingerprint density at radius 2 is 1.88 bits per heavy atom. The van der Waals surface area contributed by atoms with E-state index in [4.69, 9.17) is 21.1 Å². The van der Waals surface area contributed by atoms with Gasteiger partial charge in [-0.1, -0.05) is 29.8 Å². The number of rotatable bonds is 3. The Bertz CT molecular complexity index is 1030. The van der Waals surface area contributed by atoms with Gasteiger partial charge in [0.2, 0.25) is 6.79 Å². The standard InChI is InChI=1S/C18H12ClNO4S/c1-9(21)11-6-13-14(24-8-23-13)7-12(11)20-18(22)17-16(19)10-4-2-3-5-15(10)25-17/h2-7H,8H2,1H3,(H,20,22). The summed E-state index contributed by atoms with van der Waals surface area (Å²) in [5.74, 6) is 0.425. The summed E-state index contributed by atoms with van der Waals surface area (Å²) in [6.07, 6.45) is 0. The van der Waals surface area contributed by atoms with E-state index in [0.29, 0.717) is 32.6 Å². The lowest BCUT2D eigenvalue weighted by molar-refractivity contribution is 0.101. The molecular formula is C18H12ClNO4S. The Hall–Kier alpha value is -2.57. The van der Waals surface area contributed by atoms with E-state index in [1.165, 1.54) is 18.3 Å². The highest BCUT2D eigenvalue weighted by atomic mass is 35.5. The van der Waals surface area contributed by atoms with Gasteiger partial charge in [0.05, 0.1) is 10.7 Å². The first kappa shape index (κ1) is 15.9. The lowest BCUT2D eigenvalue weighted by Gasteiger charge is -2.10. The number of anilines is 1. The second kappa shape index (κ2) is 6.06. The third-order valence-corrected chi connectivity index (χ3v) is 5.56. The van der Waals surface area contributed by atoms with Gasteiger partial charge in [-0.2, -0.15) is 0 Å². The number of benzene rings is 2. The minimum atomic E-state index is -0.368. The van der Waals surface area contributed by atoms with Crippen LogP contribution in [0.1, 0.15) is 27.0 Å². The fraction of sp³-hybridized carbons (Fsp3) is 0.111. The van der Waals surface area contributed by atoms with Crippen molar-refractivity contribution in [1.82, 2.24) is 0 Å². The normalized spacial score (nSPS) is 12.4. The smallest absolute Gasteiger partial charge is 0.267 e. The molecule has 7 heteroatoms. The summed E-state index contributed by atoms with van der Waals surface area (Å²) in [6.45, 7) is 1.52. The highest BCUT2D eigenvalue weighted by molar-refractivity contribution is 7.21. The lowest BCUT2D eigenvalue weighted by atomic mass is 10.1. The third kappa shape index (κ3) is 2.73. The number of amides is 1. The zero-order chi connectivity index (χ0) is 17.6. The van der Waals surface area contributed by atoms with Gasteiger partial charge in [-0.15, -0.1) is 11.3 Å². The fourth-order valence-corrected chi connectivity index (χ4v) is 4.09. The summed E-state index contributed by atoms with van der Waals surface area (Å²) in [5, 5.41) is 4.01. The van der Waals surface area contributed by atoms with E-state index in [1.54, 1.807) is 12.1 Å². The average Bonchev–Trinajstić information content (AvgIpc) is 3.18. The van der Waals surface area contributed by atoms with Gasteiger partial charge in [0.1, 0.15) is 4.88 Å². The molecule has 0 spiro atoms. The summed E-state index contributed by atoms with van der Waals surface area (Å²) in [5.41, 5.74) is 0.727. The van der Waals surface area contributed by atoms with E-state index in [2.05, 4.69) is 5.32 Å². The van der Waals surface area contributed by atoms with Crippen molar-refractivity contribution < 1.29 is 19.1 Å². The van der Waals surface area contributed by atoms with Crippen LogP contribution in [0.2, 0.25) is 5.02 Å². The van der Waals surface area contributed by atoms with Gasteiger partial charge in [0.25, 0.3) is 5.91 Å². The Balaban J connectivity index is 1.73. The average molecular weight is 374 g/mol. The van der Waals surface area contributed by atoms with Crippen LogP contribution in [0.3, 0.4) is 0 Å². The molecule has 0 atom stereocenters. The van der Waals surface area contributed by atoms with Gasteiger partial charge >= 0.3 is 0 Å². The summed E-state index contributed by atoms with van der Waals surface area (Å²) < 4.78 is 11.5. The number of ether oxygens (including phenoxy) is 2. The first-order chi connectivity index (χ1) is 12.0. The number of hydrogen-bond donors (Lipinski definition) is 1. The molecule has 1 aliphatic rings. The van der Waals surface area contributed by atoms with E-state index in [0.717, 1.165) is 10.1 Å². The maximum Gasteiger partial charge on any atom is 0.267 e. The molecule has 126 valence electrons. The second-order valence-corrected chi connectivity index (χ2v) is 6.93. The number of nitrogens with one attached hydrogen (secondary N) is 1. The number of thiophene rings is 1. The van der Waals surface area contributed by atoms with Crippen molar-refractivity contribution in [3.63, 3.8) is 0 Å². The van der Waals surface area contributed by atoms with Gasteiger partial charge in [0.15, 0.2) is 17.3 Å². The van der Waals surface area contributed by atoms with Crippen molar-refractivity contribution in [2.24, 2.45) is 0 Å². The van der Waals surface area contributed by atoms with Gasteiger partial charge in [0, 0.05) is 21.7 Å². The van der Waals surface area contributed by atoms with Crippen LogP contribution in [0.25, 0.3) is 10.1 Å². The zero-order valence-corrected chi connectivity index (χ0v) is 14.7. The second-order valence-electron chi connectivity index (χ2n) is 5.50. The Morgan fingerprint density at radius 1 is 1.16 bits per heavy atom. The predicted molar refractivity (Wildman–Crippen MR) is 97.4 cm³/mol. The highest BCUT2D eigenvalue weighted by Crippen LogP contribution is 2.39. The van der Waals surface area contributed by atoms with Crippen LogP contribution in [-0.2, 0) is 0 Å². The maximum atomic E-state index is 12.7. The fourth-order valence-electron chi connectivity index (χ4n) is 2.68. The molecule has 0 fully saturated rings. The highest BCUT2D eigenvalue weighted by Gasteiger charge is 2.22. The monoisotopic (exact) mass is 373 g/mol. The SMILES string of the molecule is CC(=O)c1cc2c(cc1NC(=O)c1sc3ccccc3c1Cl)OCO2. The van der Waals surface area contributed by atoms with Gasteiger partial charge in [-0.3, -0.25) is 9.59 Å². The predicted octanol–water partition coefficient (Wildman–Crippen LogP) is 4.74. The van der Waals surface area contributed by atoms with Crippen molar-refractivity contribution >= 4 is 50.4 Å². The lowest BCUT2D eigenvalue weighted by Crippen LogP contribution is -2.13. The number of carbonyl (C=O) groups is 2.